The Morgan fingerprint density at radius 2 is 1.95 bits per heavy atom. The van der Waals surface area contributed by atoms with Crippen LogP contribution >= 0.6 is 0 Å². The topological polar surface area (TPSA) is 20.2 Å². The molecule has 2 fully saturated rings. The Morgan fingerprint density at radius 1 is 1.20 bits per heavy atom. The fourth-order valence-electron chi connectivity index (χ4n) is 5.02. The molecular weight excluding hydrogens is 244 g/mol. The summed E-state index contributed by atoms with van der Waals surface area (Å²) in [4.78, 5) is 0. The highest BCUT2D eigenvalue weighted by atomic mass is 16.2. The van der Waals surface area contributed by atoms with Gasteiger partial charge >= 0.3 is 0 Å². The van der Waals surface area contributed by atoms with Crippen molar-refractivity contribution in [3.63, 3.8) is 0 Å². The molecule has 1 heteroatoms. The molecule has 2 aliphatic rings. The maximum atomic E-state index is 8.99. The van der Waals surface area contributed by atoms with Crippen LogP contribution in [-0.4, -0.2) is 11.7 Å². The van der Waals surface area contributed by atoms with E-state index in [1.807, 2.05) is 6.08 Å². The summed E-state index contributed by atoms with van der Waals surface area (Å²) in [7, 11) is 0. The molecule has 0 aromatic heterocycles. The van der Waals surface area contributed by atoms with Crippen LogP contribution in [0, 0.1) is 29.1 Å². The molecule has 0 aliphatic heterocycles. The zero-order valence-electron chi connectivity index (χ0n) is 13.7. The van der Waals surface area contributed by atoms with Crippen molar-refractivity contribution in [1.82, 2.24) is 0 Å². The quantitative estimate of drug-likeness (QED) is 0.722. The largest absolute Gasteiger partial charge is 0.392 e. The third kappa shape index (κ3) is 3.03. The Hall–Kier alpha value is -0.560. The van der Waals surface area contributed by atoms with E-state index in [0.29, 0.717) is 11.3 Å². The fourth-order valence-corrected chi connectivity index (χ4v) is 5.02. The Balaban J connectivity index is 2.21. The number of hydrogen-bond donors (Lipinski definition) is 1. The summed E-state index contributed by atoms with van der Waals surface area (Å²) < 4.78 is 0. The number of aliphatic hydroxyl groups is 1. The number of hydrogen-bond acceptors (Lipinski definition) is 1. The predicted octanol–water partition coefficient (Wildman–Crippen LogP) is 4.97. The molecule has 20 heavy (non-hydrogen) atoms. The van der Waals surface area contributed by atoms with Crippen LogP contribution in [0.25, 0.3) is 0 Å². The summed E-state index contributed by atoms with van der Waals surface area (Å²) in [6.45, 7) is 9.68. The first-order chi connectivity index (χ1) is 9.49. The minimum atomic E-state index is 0.146. The molecule has 1 N–H and O–H groups in total. The van der Waals surface area contributed by atoms with Gasteiger partial charge in [-0.05, 0) is 55.3 Å². The van der Waals surface area contributed by atoms with Gasteiger partial charge in [-0.2, -0.15) is 0 Å². The fraction of sp³-hybridized carbons (Fsp3) is 0.789. The third-order valence-corrected chi connectivity index (χ3v) is 6.20. The normalized spacial score (nSPS) is 42.8. The second kappa shape index (κ2) is 6.47. The number of rotatable bonds is 3. The van der Waals surface area contributed by atoms with Gasteiger partial charge in [-0.15, -0.1) is 0 Å². The first-order valence-corrected chi connectivity index (χ1v) is 8.45. The molecule has 0 aromatic carbocycles. The average Bonchev–Trinajstić information content (AvgIpc) is 2.38. The van der Waals surface area contributed by atoms with Gasteiger partial charge < -0.3 is 5.11 Å². The van der Waals surface area contributed by atoms with E-state index in [-0.39, 0.29) is 6.61 Å². The maximum absolute atomic E-state index is 8.99. The van der Waals surface area contributed by atoms with Gasteiger partial charge in [0.25, 0.3) is 0 Å². The van der Waals surface area contributed by atoms with E-state index in [0.717, 1.165) is 17.8 Å². The monoisotopic (exact) mass is 276 g/mol. The molecule has 2 rings (SSSR count). The lowest BCUT2D eigenvalue weighted by Gasteiger charge is -2.54. The summed E-state index contributed by atoms with van der Waals surface area (Å²) in [6.07, 6.45) is 13.6. The molecule has 0 heterocycles. The summed E-state index contributed by atoms with van der Waals surface area (Å²) in [5.74, 6) is 3.29. The van der Waals surface area contributed by atoms with Crippen molar-refractivity contribution in [3.8, 4) is 0 Å². The summed E-state index contributed by atoms with van der Waals surface area (Å²) >= 11 is 0. The zero-order valence-corrected chi connectivity index (χ0v) is 13.7. The lowest BCUT2D eigenvalue weighted by molar-refractivity contribution is -0.0353. The molecule has 0 saturated heterocycles. The van der Waals surface area contributed by atoms with Gasteiger partial charge in [0, 0.05) is 0 Å². The van der Waals surface area contributed by atoms with Crippen molar-refractivity contribution < 1.29 is 5.11 Å². The van der Waals surface area contributed by atoms with E-state index < -0.39 is 0 Å². The minimum absolute atomic E-state index is 0.146. The molecule has 0 radical (unpaired) electrons. The molecule has 2 saturated carbocycles. The molecule has 5 unspecified atom stereocenters. The van der Waals surface area contributed by atoms with Gasteiger partial charge in [0.15, 0.2) is 0 Å². The molecule has 0 bridgehead atoms. The van der Waals surface area contributed by atoms with Crippen LogP contribution < -0.4 is 0 Å². The van der Waals surface area contributed by atoms with Crippen molar-refractivity contribution in [2.75, 3.05) is 6.61 Å². The van der Waals surface area contributed by atoms with E-state index >= 15 is 0 Å². The molecule has 114 valence electrons. The molecule has 0 spiro atoms. The third-order valence-electron chi connectivity index (χ3n) is 6.20. The summed E-state index contributed by atoms with van der Waals surface area (Å²) in [6, 6.07) is 0. The van der Waals surface area contributed by atoms with Crippen molar-refractivity contribution in [2.24, 2.45) is 29.1 Å². The van der Waals surface area contributed by atoms with Crippen LogP contribution in [0.2, 0.25) is 0 Å². The highest BCUT2D eigenvalue weighted by molar-refractivity contribution is 5.19. The second-order valence-corrected chi connectivity index (χ2v) is 7.55. The van der Waals surface area contributed by atoms with Crippen molar-refractivity contribution in [1.29, 1.82) is 0 Å². The van der Waals surface area contributed by atoms with E-state index in [2.05, 4.69) is 39.8 Å². The number of fused-ring (bicyclic) bond motifs is 1. The Bertz CT molecular complexity index is 381. The lowest BCUT2D eigenvalue weighted by atomic mass is 9.50. The standard InChI is InChI=1S/C19H32O/c1-14(11-13-20)7-9-17-16(3)8-10-18-15(2)6-5-12-19(17,18)4/h7,9,11,15-18,20H,5-6,8,10,12-13H2,1-4H3/b9-7+,14-11+. The molecule has 1 nitrogen and oxygen atoms in total. The van der Waals surface area contributed by atoms with Gasteiger partial charge in [-0.1, -0.05) is 57.4 Å². The molecular formula is C19H32O. The van der Waals surface area contributed by atoms with Crippen LogP contribution in [0.4, 0.5) is 0 Å². The van der Waals surface area contributed by atoms with E-state index in [4.69, 9.17) is 5.11 Å². The highest BCUT2D eigenvalue weighted by Crippen LogP contribution is 2.57. The Kier molecular flexibility index (Phi) is 5.12. The summed E-state index contributed by atoms with van der Waals surface area (Å²) in [5, 5.41) is 8.99. The van der Waals surface area contributed by atoms with Gasteiger partial charge in [0.05, 0.1) is 6.61 Å². The zero-order chi connectivity index (χ0) is 14.8. The molecule has 0 aromatic rings. The van der Waals surface area contributed by atoms with Crippen molar-refractivity contribution in [2.45, 2.75) is 59.8 Å². The Morgan fingerprint density at radius 3 is 2.65 bits per heavy atom. The molecule has 0 amide bonds. The van der Waals surface area contributed by atoms with E-state index in [1.165, 1.54) is 37.7 Å². The van der Waals surface area contributed by atoms with Gasteiger partial charge in [0.1, 0.15) is 0 Å². The minimum Gasteiger partial charge on any atom is -0.392 e. The Labute approximate surface area is 125 Å². The predicted molar refractivity (Wildman–Crippen MR) is 86.5 cm³/mol. The molecule has 5 atom stereocenters. The van der Waals surface area contributed by atoms with Crippen molar-refractivity contribution >= 4 is 0 Å². The van der Waals surface area contributed by atoms with Crippen molar-refractivity contribution in [3.05, 3.63) is 23.8 Å². The van der Waals surface area contributed by atoms with E-state index in [1.54, 1.807) is 0 Å². The SMILES string of the molecule is CC(/C=C/C1C(C)CCC2C(C)CCCC12C)=C\CO. The average molecular weight is 276 g/mol. The first-order valence-electron chi connectivity index (χ1n) is 8.45. The highest BCUT2D eigenvalue weighted by Gasteiger charge is 2.48. The second-order valence-electron chi connectivity index (χ2n) is 7.55. The van der Waals surface area contributed by atoms with Crippen LogP contribution in [0.1, 0.15) is 59.8 Å². The molecule has 2 aliphatic carbocycles. The number of aliphatic hydroxyl groups excluding tert-OH is 1. The lowest BCUT2D eigenvalue weighted by Crippen LogP contribution is -2.46. The summed E-state index contributed by atoms with van der Waals surface area (Å²) in [5.41, 5.74) is 1.68. The van der Waals surface area contributed by atoms with Gasteiger partial charge in [0.2, 0.25) is 0 Å². The smallest absolute Gasteiger partial charge is 0.0617 e. The first kappa shape index (κ1) is 15.8. The van der Waals surface area contributed by atoms with E-state index in [9.17, 15) is 0 Å². The van der Waals surface area contributed by atoms with Crippen LogP contribution in [0.15, 0.2) is 23.8 Å². The van der Waals surface area contributed by atoms with Crippen LogP contribution in [0.5, 0.6) is 0 Å². The maximum Gasteiger partial charge on any atom is 0.0617 e. The number of allylic oxidation sites excluding steroid dienone is 3. The van der Waals surface area contributed by atoms with Gasteiger partial charge in [-0.3, -0.25) is 0 Å². The van der Waals surface area contributed by atoms with Crippen LogP contribution in [-0.2, 0) is 0 Å². The van der Waals surface area contributed by atoms with Gasteiger partial charge in [-0.25, -0.2) is 0 Å². The van der Waals surface area contributed by atoms with Crippen LogP contribution in [0.3, 0.4) is 0 Å².